The van der Waals surface area contributed by atoms with E-state index in [0.717, 1.165) is 19.3 Å². The minimum atomic E-state index is -0.500. The van der Waals surface area contributed by atoms with Crippen molar-refractivity contribution in [2.75, 3.05) is 0 Å². The minimum absolute atomic E-state index is 0.0862. The van der Waals surface area contributed by atoms with Gasteiger partial charge in [-0.2, -0.15) is 0 Å². The Morgan fingerprint density at radius 2 is 2.06 bits per heavy atom. The molecular weight excluding hydrogens is 218 g/mol. The van der Waals surface area contributed by atoms with Crippen molar-refractivity contribution in [1.82, 2.24) is 4.90 Å². The molecule has 0 aromatic heterocycles. The average molecular weight is 239 g/mol. The van der Waals surface area contributed by atoms with Crippen molar-refractivity contribution < 1.29 is 9.53 Å². The molecule has 0 radical (unpaired) electrons. The Labute approximate surface area is 102 Å². The Bertz CT molecular complexity index is 348. The number of carbonyl (C=O) groups excluding carboxylic acids is 1. The van der Waals surface area contributed by atoms with Gasteiger partial charge in [0.25, 0.3) is 0 Å². The first-order valence-corrected chi connectivity index (χ1v) is 6.15. The third-order valence-electron chi connectivity index (χ3n) is 3.51. The number of ether oxygens (including phenoxy) is 1. The molecule has 2 aliphatic rings. The highest BCUT2D eigenvalue weighted by Crippen LogP contribution is 2.42. The smallest absolute Gasteiger partial charge is 0.411 e. The lowest BCUT2D eigenvalue weighted by molar-refractivity contribution is 0.0141. The number of likely N-dealkylation sites (tertiary alicyclic amines) is 1. The lowest BCUT2D eigenvalue weighted by Crippen LogP contribution is -2.52. The topological polar surface area (TPSA) is 79.4 Å². The molecule has 0 aromatic carbocycles. The van der Waals surface area contributed by atoms with Gasteiger partial charge in [0.05, 0.1) is 6.04 Å². The molecule has 1 saturated carbocycles. The third kappa shape index (κ3) is 2.23. The van der Waals surface area contributed by atoms with E-state index in [4.69, 9.17) is 15.9 Å². The number of nitrogens with two attached hydrogens (primary N) is 1. The van der Waals surface area contributed by atoms with Crippen molar-refractivity contribution >= 4 is 11.9 Å². The summed E-state index contributed by atoms with van der Waals surface area (Å²) in [5.41, 5.74) is 5.11. The number of fused-ring (bicyclic) bond motifs is 2. The first-order chi connectivity index (χ1) is 7.79. The highest BCUT2D eigenvalue weighted by atomic mass is 16.6. The summed E-state index contributed by atoms with van der Waals surface area (Å²) in [6.07, 6.45) is 2.70. The van der Waals surface area contributed by atoms with Gasteiger partial charge in [-0.25, -0.2) is 4.79 Å². The van der Waals surface area contributed by atoms with Crippen LogP contribution in [-0.4, -0.2) is 34.5 Å². The Hall–Kier alpha value is -1.26. The van der Waals surface area contributed by atoms with E-state index in [1.807, 2.05) is 20.8 Å². The molecule has 2 bridgehead atoms. The van der Waals surface area contributed by atoms with Crippen LogP contribution in [0.1, 0.15) is 40.0 Å². The minimum Gasteiger partial charge on any atom is -0.444 e. The van der Waals surface area contributed by atoms with Crippen LogP contribution in [0.2, 0.25) is 0 Å². The van der Waals surface area contributed by atoms with Gasteiger partial charge in [0.1, 0.15) is 11.4 Å². The van der Waals surface area contributed by atoms with Crippen molar-refractivity contribution in [3.63, 3.8) is 0 Å². The molecule has 2 rings (SSSR count). The molecular formula is C12H21N3O2. The summed E-state index contributed by atoms with van der Waals surface area (Å²) in [6, 6.07) is -0.0349. The lowest BCUT2D eigenvalue weighted by atomic mass is 9.98. The summed E-state index contributed by atoms with van der Waals surface area (Å²) in [7, 11) is 0. The van der Waals surface area contributed by atoms with Gasteiger partial charge in [0.15, 0.2) is 0 Å². The molecule has 1 aliphatic carbocycles. The van der Waals surface area contributed by atoms with Gasteiger partial charge in [-0.05, 0) is 46.0 Å². The first-order valence-electron chi connectivity index (χ1n) is 6.15. The number of amides is 1. The number of carbonyl (C=O) groups is 1. The Kier molecular flexibility index (Phi) is 2.79. The molecule has 2 fully saturated rings. The number of nitrogens with one attached hydrogen (secondary N) is 1. The van der Waals surface area contributed by atoms with E-state index in [1.54, 1.807) is 4.90 Å². The fourth-order valence-corrected chi connectivity index (χ4v) is 2.97. The van der Waals surface area contributed by atoms with Crippen LogP contribution in [0.25, 0.3) is 0 Å². The molecule has 1 amide bonds. The maximum atomic E-state index is 12.1. The van der Waals surface area contributed by atoms with Gasteiger partial charge >= 0.3 is 6.09 Å². The monoisotopic (exact) mass is 239 g/mol. The molecule has 0 aromatic rings. The van der Waals surface area contributed by atoms with Crippen molar-refractivity contribution in [2.24, 2.45) is 11.7 Å². The summed E-state index contributed by atoms with van der Waals surface area (Å²) < 4.78 is 5.39. The van der Waals surface area contributed by atoms with E-state index in [-0.39, 0.29) is 24.0 Å². The number of hydrogen-bond acceptors (Lipinski definition) is 3. The number of rotatable bonds is 1. The van der Waals surface area contributed by atoms with Crippen molar-refractivity contribution in [1.29, 1.82) is 5.41 Å². The second-order valence-electron chi connectivity index (χ2n) is 6.01. The van der Waals surface area contributed by atoms with Crippen LogP contribution < -0.4 is 5.73 Å². The first kappa shape index (κ1) is 12.2. The van der Waals surface area contributed by atoms with E-state index >= 15 is 0 Å². The fourth-order valence-electron chi connectivity index (χ4n) is 2.97. The maximum absolute atomic E-state index is 12.1. The van der Waals surface area contributed by atoms with Crippen molar-refractivity contribution in [3.8, 4) is 0 Å². The van der Waals surface area contributed by atoms with Crippen LogP contribution in [-0.2, 0) is 4.74 Å². The van der Waals surface area contributed by atoms with Gasteiger partial charge in [-0.3, -0.25) is 10.3 Å². The zero-order valence-electron chi connectivity index (χ0n) is 10.7. The summed E-state index contributed by atoms with van der Waals surface area (Å²) in [6.45, 7) is 5.55. The summed E-state index contributed by atoms with van der Waals surface area (Å²) >= 11 is 0. The molecule has 3 N–H and O–H groups in total. The molecule has 3 unspecified atom stereocenters. The predicted octanol–water partition coefficient (Wildman–Crippen LogP) is 1.71. The highest BCUT2D eigenvalue weighted by molar-refractivity contribution is 5.88. The van der Waals surface area contributed by atoms with E-state index in [1.165, 1.54) is 0 Å². The Morgan fingerprint density at radius 3 is 2.59 bits per heavy atom. The summed E-state index contributed by atoms with van der Waals surface area (Å²) in [5.74, 6) is 0.438. The average Bonchev–Trinajstić information content (AvgIpc) is 2.72. The molecule has 1 heterocycles. The van der Waals surface area contributed by atoms with Crippen LogP contribution in [0, 0.1) is 11.3 Å². The van der Waals surface area contributed by atoms with Crippen molar-refractivity contribution in [3.05, 3.63) is 0 Å². The standard InChI is InChI=1S/C12H21N3O2/c1-12(2,3)17-11(16)15-8-5-4-7(6-8)9(15)10(13)14/h7-9H,4-6H2,1-3H3,(H3,13,14). The summed E-state index contributed by atoms with van der Waals surface area (Å²) in [4.78, 5) is 13.8. The van der Waals surface area contributed by atoms with Crippen LogP contribution in [0.15, 0.2) is 0 Å². The van der Waals surface area contributed by atoms with Crippen LogP contribution in [0.4, 0.5) is 4.79 Å². The number of piperidine rings is 1. The Morgan fingerprint density at radius 1 is 1.41 bits per heavy atom. The molecule has 3 atom stereocenters. The number of nitrogens with zero attached hydrogens (tertiary/aromatic N) is 1. The van der Waals surface area contributed by atoms with Crippen LogP contribution in [0.5, 0.6) is 0 Å². The maximum Gasteiger partial charge on any atom is 0.411 e. The summed E-state index contributed by atoms with van der Waals surface area (Å²) in [5, 5.41) is 7.63. The molecule has 5 heteroatoms. The fraction of sp³-hybridized carbons (Fsp3) is 0.833. The van der Waals surface area contributed by atoms with Gasteiger partial charge in [-0.1, -0.05) is 0 Å². The van der Waals surface area contributed by atoms with E-state index in [9.17, 15) is 4.79 Å². The van der Waals surface area contributed by atoms with E-state index in [0.29, 0.717) is 5.92 Å². The second-order valence-corrected chi connectivity index (χ2v) is 6.01. The van der Waals surface area contributed by atoms with Gasteiger partial charge in [0.2, 0.25) is 0 Å². The third-order valence-corrected chi connectivity index (χ3v) is 3.51. The predicted molar refractivity (Wildman–Crippen MR) is 64.9 cm³/mol. The van der Waals surface area contributed by atoms with Crippen LogP contribution >= 0.6 is 0 Å². The molecule has 1 aliphatic heterocycles. The molecule has 96 valence electrons. The molecule has 5 nitrogen and oxygen atoms in total. The van der Waals surface area contributed by atoms with Gasteiger partial charge in [0, 0.05) is 6.04 Å². The number of hydrogen-bond donors (Lipinski definition) is 2. The van der Waals surface area contributed by atoms with Gasteiger partial charge < -0.3 is 10.5 Å². The van der Waals surface area contributed by atoms with E-state index < -0.39 is 5.60 Å². The molecule has 17 heavy (non-hydrogen) atoms. The van der Waals surface area contributed by atoms with Crippen LogP contribution in [0.3, 0.4) is 0 Å². The second kappa shape index (κ2) is 3.89. The SMILES string of the molecule is CC(C)(C)OC(=O)N1C2CCC(C2)C1C(=N)N. The highest BCUT2D eigenvalue weighted by Gasteiger charge is 2.50. The molecule has 0 spiro atoms. The zero-order chi connectivity index (χ0) is 12.8. The Balaban J connectivity index is 2.14. The van der Waals surface area contributed by atoms with Gasteiger partial charge in [-0.15, -0.1) is 0 Å². The van der Waals surface area contributed by atoms with E-state index in [2.05, 4.69) is 0 Å². The normalized spacial score (nSPS) is 31.7. The quantitative estimate of drug-likeness (QED) is 0.540. The number of amidine groups is 1. The zero-order valence-corrected chi connectivity index (χ0v) is 10.7. The lowest BCUT2D eigenvalue weighted by Gasteiger charge is -2.35. The largest absolute Gasteiger partial charge is 0.444 e. The molecule has 1 saturated heterocycles. The van der Waals surface area contributed by atoms with Crippen molar-refractivity contribution in [2.45, 2.75) is 57.7 Å².